The molecule has 3 heteroatoms. The molecular formula is C16H16ClFO. The molecule has 0 spiro atoms. The fraction of sp³-hybridized carbons (Fsp3) is 0.250. The fourth-order valence-corrected chi connectivity index (χ4v) is 2.27. The summed E-state index contributed by atoms with van der Waals surface area (Å²) in [4.78, 5) is 0. The maximum absolute atomic E-state index is 13.7. The van der Waals surface area contributed by atoms with Crippen LogP contribution in [0, 0.1) is 12.7 Å². The van der Waals surface area contributed by atoms with Gasteiger partial charge in [-0.2, -0.15) is 0 Å². The van der Waals surface area contributed by atoms with Gasteiger partial charge in [-0.1, -0.05) is 41.9 Å². The molecule has 1 nitrogen and oxygen atoms in total. The number of aryl methyl sites for hydroxylation is 2. The molecule has 2 aromatic rings. The lowest BCUT2D eigenvalue weighted by Crippen LogP contribution is -2.03. The first-order valence-corrected chi connectivity index (χ1v) is 6.63. The Morgan fingerprint density at radius 2 is 1.95 bits per heavy atom. The second kappa shape index (κ2) is 6.18. The van der Waals surface area contributed by atoms with Crippen molar-refractivity contribution < 1.29 is 9.50 Å². The first-order valence-electron chi connectivity index (χ1n) is 6.25. The Kier molecular flexibility index (Phi) is 4.56. The summed E-state index contributed by atoms with van der Waals surface area (Å²) in [7, 11) is 0. The Balaban J connectivity index is 2.05. The highest BCUT2D eigenvalue weighted by molar-refractivity contribution is 6.30. The number of halogens is 2. The lowest BCUT2D eigenvalue weighted by atomic mass is 9.98. The van der Waals surface area contributed by atoms with Crippen LogP contribution in [0.25, 0.3) is 0 Å². The summed E-state index contributed by atoms with van der Waals surface area (Å²) in [5.41, 5.74) is 2.67. The summed E-state index contributed by atoms with van der Waals surface area (Å²) < 4.78 is 13.7. The van der Waals surface area contributed by atoms with Crippen molar-refractivity contribution in [2.75, 3.05) is 0 Å². The maximum atomic E-state index is 13.7. The minimum atomic E-state index is -0.808. The van der Waals surface area contributed by atoms with Gasteiger partial charge >= 0.3 is 0 Å². The van der Waals surface area contributed by atoms with Crippen molar-refractivity contribution in [2.45, 2.75) is 25.9 Å². The van der Waals surface area contributed by atoms with Gasteiger partial charge in [-0.15, -0.1) is 0 Å². The number of aliphatic hydroxyl groups is 1. The summed E-state index contributed by atoms with van der Waals surface area (Å²) in [6, 6.07) is 12.4. The molecule has 100 valence electrons. The van der Waals surface area contributed by atoms with Crippen LogP contribution in [-0.4, -0.2) is 5.11 Å². The molecule has 1 atom stereocenters. The molecule has 0 aliphatic rings. The van der Waals surface area contributed by atoms with Gasteiger partial charge in [0.1, 0.15) is 5.82 Å². The standard InChI is InChI=1S/C16H16ClFO/c1-11-4-2-3-5-12(11)6-9-16(19)14-8-7-13(17)10-15(14)18/h2-5,7-8,10,16,19H,6,9H2,1H3. The summed E-state index contributed by atoms with van der Waals surface area (Å²) in [6.07, 6.45) is 0.399. The molecule has 0 saturated heterocycles. The fourth-order valence-electron chi connectivity index (χ4n) is 2.11. The third kappa shape index (κ3) is 3.55. The molecule has 1 N–H and O–H groups in total. The van der Waals surface area contributed by atoms with Gasteiger partial charge < -0.3 is 5.11 Å². The number of rotatable bonds is 4. The number of aliphatic hydroxyl groups excluding tert-OH is 1. The Hall–Kier alpha value is -1.38. The van der Waals surface area contributed by atoms with E-state index in [0.717, 1.165) is 6.42 Å². The highest BCUT2D eigenvalue weighted by Crippen LogP contribution is 2.24. The average Bonchev–Trinajstić information content (AvgIpc) is 2.37. The van der Waals surface area contributed by atoms with E-state index in [9.17, 15) is 9.50 Å². The van der Waals surface area contributed by atoms with E-state index in [1.54, 1.807) is 12.1 Å². The summed E-state index contributed by atoms with van der Waals surface area (Å²) in [6.45, 7) is 2.03. The number of hydrogen-bond acceptors (Lipinski definition) is 1. The van der Waals surface area contributed by atoms with E-state index in [1.165, 1.54) is 17.2 Å². The van der Waals surface area contributed by atoms with E-state index >= 15 is 0 Å². The van der Waals surface area contributed by atoms with Gasteiger partial charge in [-0.25, -0.2) is 4.39 Å². The molecule has 0 aliphatic heterocycles. The van der Waals surface area contributed by atoms with Gasteiger partial charge in [0.25, 0.3) is 0 Å². The van der Waals surface area contributed by atoms with E-state index in [2.05, 4.69) is 0 Å². The summed E-state index contributed by atoms with van der Waals surface area (Å²) >= 11 is 5.69. The van der Waals surface area contributed by atoms with Crippen LogP contribution in [0.3, 0.4) is 0 Å². The molecule has 0 saturated carbocycles. The highest BCUT2D eigenvalue weighted by atomic mass is 35.5. The van der Waals surface area contributed by atoms with Crippen molar-refractivity contribution >= 4 is 11.6 Å². The number of benzene rings is 2. The van der Waals surface area contributed by atoms with Gasteiger partial charge in [0.15, 0.2) is 0 Å². The predicted octanol–water partition coefficient (Wildman–Crippen LogP) is 4.45. The monoisotopic (exact) mass is 278 g/mol. The Morgan fingerprint density at radius 3 is 2.63 bits per heavy atom. The Bertz CT molecular complexity index is 568. The smallest absolute Gasteiger partial charge is 0.130 e. The van der Waals surface area contributed by atoms with E-state index in [0.29, 0.717) is 17.0 Å². The highest BCUT2D eigenvalue weighted by Gasteiger charge is 2.13. The zero-order valence-electron chi connectivity index (χ0n) is 10.7. The SMILES string of the molecule is Cc1ccccc1CCC(O)c1ccc(Cl)cc1F. The molecule has 0 aliphatic carbocycles. The van der Waals surface area contributed by atoms with Crippen molar-refractivity contribution in [3.8, 4) is 0 Å². The van der Waals surface area contributed by atoms with Crippen LogP contribution in [0.5, 0.6) is 0 Å². The molecule has 0 amide bonds. The lowest BCUT2D eigenvalue weighted by molar-refractivity contribution is 0.163. The van der Waals surface area contributed by atoms with Gasteiger partial charge in [-0.3, -0.25) is 0 Å². The maximum Gasteiger partial charge on any atom is 0.130 e. The summed E-state index contributed by atoms with van der Waals surface area (Å²) in [5.74, 6) is -0.454. The molecule has 0 radical (unpaired) electrons. The van der Waals surface area contributed by atoms with Crippen LogP contribution in [0.2, 0.25) is 5.02 Å². The normalized spacial score (nSPS) is 12.4. The van der Waals surface area contributed by atoms with E-state index in [4.69, 9.17) is 11.6 Å². The van der Waals surface area contributed by atoms with Crippen molar-refractivity contribution in [1.82, 2.24) is 0 Å². The molecular weight excluding hydrogens is 263 g/mol. The molecule has 2 rings (SSSR count). The van der Waals surface area contributed by atoms with Crippen molar-refractivity contribution in [3.05, 3.63) is 70.0 Å². The largest absolute Gasteiger partial charge is 0.388 e. The first kappa shape index (κ1) is 14.0. The van der Waals surface area contributed by atoms with Crippen LogP contribution < -0.4 is 0 Å². The Labute approximate surface area is 117 Å². The minimum absolute atomic E-state index is 0.304. The molecule has 1 unspecified atom stereocenters. The van der Waals surface area contributed by atoms with Crippen LogP contribution in [-0.2, 0) is 6.42 Å². The van der Waals surface area contributed by atoms with Crippen molar-refractivity contribution in [1.29, 1.82) is 0 Å². The molecule has 19 heavy (non-hydrogen) atoms. The Morgan fingerprint density at radius 1 is 1.21 bits per heavy atom. The van der Waals surface area contributed by atoms with E-state index < -0.39 is 11.9 Å². The quantitative estimate of drug-likeness (QED) is 0.876. The van der Waals surface area contributed by atoms with Gasteiger partial charge in [0.2, 0.25) is 0 Å². The second-order valence-electron chi connectivity index (χ2n) is 4.65. The lowest BCUT2D eigenvalue weighted by Gasteiger charge is -2.13. The zero-order chi connectivity index (χ0) is 13.8. The van der Waals surface area contributed by atoms with E-state index in [1.807, 2.05) is 31.2 Å². The molecule has 2 aromatic carbocycles. The zero-order valence-corrected chi connectivity index (χ0v) is 11.5. The van der Waals surface area contributed by atoms with Gasteiger partial charge in [-0.05, 0) is 43.0 Å². The van der Waals surface area contributed by atoms with Crippen LogP contribution in [0.4, 0.5) is 4.39 Å². The number of hydrogen-bond donors (Lipinski definition) is 1. The topological polar surface area (TPSA) is 20.2 Å². The minimum Gasteiger partial charge on any atom is -0.388 e. The van der Waals surface area contributed by atoms with Crippen LogP contribution in [0.1, 0.15) is 29.2 Å². The van der Waals surface area contributed by atoms with Gasteiger partial charge in [0.05, 0.1) is 6.10 Å². The third-order valence-corrected chi connectivity index (χ3v) is 3.50. The van der Waals surface area contributed by atoms with Crippen molar-refractivity contribution in [3.63, 3.8) is 0 Å². The van der Waals surface area contributed by atoms with Crippen LogP contribution >= 0.6 is 11.6 Å². The van der Waals surface area contributed by atoms with Crippen LogP contribution in [0.15, 0.2) is 42.5 Å². The van der Waals surface area contributed by atoms with Crippen molar-refractivity contribution in [2.24, 2.45) is 0 Å². The third-order valence-electron chi connectivity index (χ3n) is 3.27. The molecule has 0 bridgehead atoms. The average molecular weight is 279 g/mol. The van der Waals surface area contributed by atoms with Gasteiger partial charge in [0, 0.05) is 10.6 Å². The first-order chi connectivity index (χ1) is 9.08. The summed E-state index contributed by atoms with van der Waals surface area (Å²) in [5, 5.41) is 10.4. The predicted molar refractivity (Wildman–Crippen MR) is 75.9 cm³/mol. The second-order valence-corrected chi connectivity index (χ2v) is 5.08. The molecule has 0 aromatic heterocycles. The molecule has 0 heterocycles. The van der Waals surface area contributed by atoms with E-state index in [-0.39, 0.29) is 0 Å². The molecule has 0 fully saturated rings.